The third-order valence-corrected chi connectivity index (χ3v) is 6.48. The maximum atomic E-state index is 13.2. The summed E-state index contributed by atoms with van der Waals surface area (Å²) in [6.07, 6.45) is 1.79. The summed E-state index contributed by atoms with van der Waals surface area (Å²) in [5.74, 6) is -1.18. The first-order valence-corrected chi connectivity index (χ1v) is 11.0. The second-order valence-corrected chi connectivity index (χ2v) is 8.92. The monoisotopic (exact) mass is 436 g/mol. The van der Waals surface area contributed by atoms with E-state index in [0.29, 0.717) is 9.23 Å². The maximum absolute atomic E-state index is 13.2. The molecule has 7 heteroatoms. The second-order valence-electron chi connectivity index (χ2n) is 6.26. The van der Waals surface area contributed by atoms with Crippen LogP contribution in [0.5, 0.6) is 0 Å². The van der Waals surface area contributed by atoms with Crippen LogP contribution in [0.15, 0.2) is 83.1 Å². The maximum Gasteiger partial charge on any atom is 0.285 e. The summed E-state index contributed by atoms with van der Waals surface area (Å²) in [4.78, 5) is 27.5. The molecule has 2 aromatic carbocycles. The van der Waals surface area contributed by atoms with Gasteiger partial charge in [0.1, 0.15) is 0 Å². The number of nitrogens with one attached hydrogen (secondary N) is 1. The van der Waals surface area contributed by atoms with Crippen LogP contribution in [0.4, 0.5) is 0 Å². The Bertz CT molecular complexity index is 1020. The fourth-order valence-electron chi connectivity index (χ4n) is 3.03. The van der Waals surface area contributed by atoms with Gasteiger partial charge in [0.15, 0.2) is 4.32 Å². The van der Waals surface area contributed by atoms with Crippen LogP contribution in [0.2, 0.25) is 0 Å². The molecule has 0 aliphatic carbocycles. The molecule has 0 unspecified atom stereocenters. The van der Waals surface area contributed by atoms with E-state index in [0.717, 1.165) is 16.0 Å². The molecule has 2 amide bonds. The van der Waals surface area contributed by atoms with Gasteiger partial charge >= 0.3 is 0 Å². The minimum Gasteiger partial charge on any atom is -0.272 e. The summed E-state index contributed by atoms with van der Waals surface area (Å²) in [6.45, 7) is 0. The van der Waals surface area contributed by atoms with E-state index in [1.807, 2.05) is 78.2 Å². The second kappa shape index (κ2) is 8.73. The van der Waals surface area contributed by atoms with Gasteiger partial charge in [-0.1, -0.05) is 78.5 Å². The Balaban J connectivity index is 1.59. The number of amides is 2. The third-order valence-electron chi connectivity index (χ3n) is 4.36. The van der Waals surface area contributed by atoms with Crippen molar-refractivity contribution in [3.8, 4) is 0 Å². The van der Waals surface area contributed by atoms with Crippen molar-refractivity contribution in [1.29, 1.82) is 0 Å². The van der Waals surface area contributed by atoms with Gasteiger partial charge in [0, 0.05) is 4.88 Å². The van der Waals surface area contributed by atoms with Gasteiger partial charge in [-0.2, -0.15) is 5.01 Å². The zero-order valence-electron chi connectivity index (χ0n) is 15.1. The molecule has 144 valence electrons. The predicted molar refractivity (Wildman–Crippen MR) is 122 cm³/mol. The van der Waals surface area contributed by atoms with Crippen LogP contribution in [-0.2, 0) is 9.59 Å². The number of hydrogen-bond donors (Lipinski definition) is 1. The first-order chi connectivity index (χ1) is 14.1. The van der Waals surface area contributed by atoms with Crippen LogP contribution in [0, 0.1) is 0 Å². The molecule has 1 fully saturated rings. The number of rotatable bonds is 5. The molecule has 0 radical (unpaired) electrons. The van der Waals surface area contributed by atoms with Crippen molar-refractivity contribution in [2.45, 2.75) is 5.92 Å². The average Bonchev–Trinajstić information content (AvgIpc) is 3.34. The van der Waals surface area contributed by atoms with Crippen molar-refractivity contribution in [1.82, 2.24) is 10.4 Å². The Kier molecular flexibility index (Phi) is 5.89. The number of carbonyl (C=O) groups is 2. The first kappa shape index (κ1) is 19.6. The van der Waals surface area contributed by atoms with Crippen LogP contribution < -0.4 is 5.43 Å². The van der Waals surface area contributed by atoms with Gasteiger partial charge in [0.25, 0.3) is 11.8 Å². The molecular formula is C22H16N2O2S3. The molecule has 2 heterocycles. The third kappa shape index (κ3) is 4.32. The van der Waals surface area contributed by atoms with E-state index in [-0.39, 0.29) is 11.8 Å². The number of thiophene rings is 1. The van der Waals surface area contributed by atoms with E-state index >= 15 is 0 Å². The van der Waals surface area contributed by atoms with Crippen molar-refractivity contribution in [3.63, 3.8) is 0 Å². The quantitative estimate of drug-likeness (QED) is 0.461. The highest BCUT2D eigenvalue weighted by Gasteiger charge is 2.35. The van der Waals surface area contributed by atoms with Gasteiger partial charge in [-0.25, -0.2) is 0 Å². The molecule has 1 aliphatic rings. The number of hydrogen-bond acceptors (Lipinski definition) is 5. The number of nitrogens with zero attached hydrogens (tertiary/aromatic N) is 1. The van der Waals surface area contributed by atoms with Crippen LogP contribution in [-0.4, -0.2) is 21.1 Å². The standard InChI is InChI=1S/C22H16N2O2S3/c25-20(19(15-8-3-1-4-9-15)16-10-5-2-6-11-16)23-24-21(26)18(29-22(24)27)14-17-12-7-13-28-17/h1-14,19H,(H,23,25)/b18-14-. The molecule has 4 nitrogen and oxygen atoms in total. The lowest BCUT2D eigenvalue weighted by Crippen LogP contribution is -2.46. The number of thiocarbonyl (C=S) groups is 1. The lowest BCUT2D eigenvalue weighted by atomic mass is 9.91. The van der Waals surface area contributed by atoms with Gasteiger partial charge in [0.2, 0.25) is 0 Å². The van der Waals surface area contributed by atoms with Crippen LogP contribution in [0.25, 0.3) is 6.08 Å². The van der Waals surface area contributed by atoms with Crippen LogP contribution in [0.1, 0.15) is 21.9 Å². The van der Waals surface area contributed by atoms with Crippen LogP contribution in [0.3, 0.4) is 0 Å². The largest absolute Gasteiger partial charge is 0.285 e. The zero-order valence-corrected chi connectivity index (χ0v) is 17.6. The molecule has 4 rings (SSSR count). The Morgan fingerprint density at radius 2 is 1.59 bits per heavy atom. The molecule has 0 atom stereocenters. The van der Waals surface area contributed by atoms with Crippen molar-refractivity contribution in [3.05, 3.63) is 99.1 Å². The highest BCUT2D eigenvalue weighted by molar-refractivity contribution is 8.26. The number of benzene rings is 2. The summed E-state index contributed by atoms with van der Waals surface area (Å²) < 4.78 is 0.311. The van der Waals surface area contributed by atoms with E-state index in [9.17, 15) is 9.59 Å². The topological polar surface area (TPSA) is 49.4 Å². The molecule has 0 saturated carbocycles. The van der Waals surface area contributed by atoms with Crippen molar-refractivity contribution < 1.29 is 9.59 Å². The SMILES string of the molecule is O=C(NN1C(=O)/C(=C/c2cccs2)SC1=S)C(c1ccccc1)c1ccccc1. The van der Waals surface area contributed by atoms with E-state index in [1.54, 1.807) is 6.08 Å². The Hall–Kier alpha value is -2.74. The van der Waals surface area contributed by atoms with Gasteiger partial charge < -0.3 is 0 Å². The highest BCUT2D eigenvalue weighted by atomic mass is 32.2. The molecule has 0 spiro atoms. The molecule has 1 aliphatic heterocycles. The van der Waals surface area contributed by atoms with Crippen molar-refractivity contribution in [2.75, 3.05) is 0 Å². The van der Waals surface area contributed by atoms with E-state index in [4.69, 9.17) is 12.2 Å². The molecule has 1 aromatic heterocycles. The van der Waals surface area contributed by atoms with Gasteiger partial charge in [-0.3, -0.25) is 15.0 Å². The van der Waals surface area contributed by atoms with E-state index < -0.39 is 5.92 Å². The lowest BCUT2D eigenvalue weighted by Gasteiger charge is -2.22. The molecule has 1 N–H and O–H groups in total. The Morgan fingerprint density at radius 3 is 2.14 bits per heavy atom. The minimum absolute atomic E-state index is 0.309. The minimum atomic E-state index is -0.552. The fraction of sp³-hybridized carbons (Fsp3) is 0.0455. The van der Waals surface area contributed by atoms with Gasteiger partial charge in [-0.05, 0) is 40.9 Å². The molecule has 3 aromatic rings. The summed E-state index contributed by atoms with van der Waals surface area (Å²) >= 11 is 8.07. The highest BCUT2D eigenvalue weighted by Crippen LogP contribution is 2.33. The van der Waals surface area contributed by atoms with Crippen molar-refractivity contribution >= 4 is 57.5 Å². The molecule has 1 saturated heterocycles. The fourth-order valence-corrected chi connectivity index (χ4v) is 4.93. The van der Waals surface area contributed by atoms with Crippen LogP contribution >= 0.6 is 35.3 Å². The van der Waals surface area contributed by atoms with Crippen molar-refractivity contribution in [2.24, 2.45) is 0 Å². The molecular weight excluding hydrogens is 420 g/mol. The summed E-state index contributed by atoms with van der Waals surface area (Å²) in [5, 5.41) is 3.11. The summed E-state index contributed by atoms with van der Waals surface area (Å²) in [7, 11) is 0. The van der Waals surface area contributed by atoms with Gasteiger partial charge in [-0.15, -0.1) is 11.3 Å². The number of thioether (sulfide) groups is 1. The molecule has 0 bridgehead atoms. The summed E-state index contributed by atoms with van der Waals surface area (Å²) in [6, 6.07) is 22.8. The predicted octanol–water partition coefficient (Wildman–Crippen LogP) is 4.81. The number of carbonyl (C=O) groups excluding carboxylic acids is 2. The summed E-state index contributed by atoms with van der Waals surface area (Å²) in [5.41, 5.74) is 4.42. The first-order valence-electron chi connectivity index (χ1n) is 8.85. The Morgan fingerprint density at radius 1 is 0.966 bits per heavy atom. The average molecular weight is 437 g/mol. The number of hydrazine groups is 1. The van der Waals surface area contributed by atoms with E-state index in [1.165, 1.54) is 28.1 Å². The normalized spacial score (nSPS) is 15.3. The van der Waals surface area contributed by atoms with E-state index in [2.05, 4.69) is 5.43 Å². The van der Waals surface area contributed by atoms with Gasteiger partial charge in [0.05, 0.1) is 10.8 Å². The lowest BCUT2D eigenvalue weighted by molar-refractivity contribution is -0.133. The smallest absolute Gasteiger partial charge is 0.272 e. The zero-order chi connectivity index (χ0) is 20.2. The Labute approximate surface area is 182 Å². The molecule has 29 heavy (non-hydrogen) atoms.